The Morgan fingerprint density at radius 3 is 2.69 bits per heavy atom. The molecule has 0 bridgehead atoms. The van der Waals surface area contributed by atoms with Crippen LogP contribution in [0, 0.1) is 3.70 Å². The second kappa shape index (κ2) is 4.03. The molecule has 3 nitrogen and oxygen atoms in total. The van der Waals surface area contributed by atoms with E-state index in [1.165, 1.54) is 7.11 Å². The Hall–Kier alpha value is -0.660. The van der Waals surface area contributed by atoms with Crippen LogP contribution in [0.4, 0.5) is 14.6 Å². The number of aromatic nitrogens is 1. The van der Waals surface area contributed by atoms with Crippen LogP contribution in [0.15, 0.2) is 6.07 Å². The molecule has 0 spiro atoms. The minimum atomic E-state index is -2.60. The number of nitrogens with two attached hydrogens (primary N) is 1. The molecule has 1 heterocycles. The molecule has 2 N–H and O–H groups in total. The van der Waals surface area contributed by atoms with Crippen molar-refractivity contribution in [2.24, 2.45) is 0 Å². The molecule has 0 radical (unpaired) electrons. The third-order valence-corrected chi connectivity index (χ3v) is 2.15. The van der Waals surface area contributed by atoms with Crippen molar-refractivity contribution in [1.82, 2.24) is 4.98 Å². The Morgan fingerprint density at radius 2 is 2.23 bits per heavy atom. The van der Waals surface area contributed by atoms with Gasteiger partial charge >= 0.3 is 0 Å². The van der Waals surface area contributed by atoms with Gasteiger partial charge in [-0.3, -0.25) is 0 Å². The Bertz CT molecular complexity index is 320. The first-order valence-electron chi connectivity index (χ1n) is 3.34. The topological polar surface area (TPSA) is 48.1 Å². The number of ether oxygens (including phenoxy) is 1. The molecule has 6 heteroatoms. The van der Waals surface area contributed by atoms with Gasteiger partial charge in [0.2, 0.25) is 0 Å². The molecule has 0 amide bonds. The van der Waals surface area contributed by atoms with Gasteiger partial charge in [-0.25, -0.2) is 13.8 Å². The lowest BCUT2D eigenvalue weighted by atomic mass is 10.2. The van der Waals surface area contributed by atoms with Gasteiger partial charge in [0.25, 0.3) is 6.43 Å². The van der Waals surface area contributed by atoms with E-state index in [0.29, 0.717) is 3.70 Å². The van der Waals surface area contributed by atoms with Crippen LogP contribution in [0.25, 0.3) is 0 Å². The zero-order valence-electron chi connectivity index (χ0n) is 6.72. The van der Waals surface area contributed by atoms with Crippen LogP contribution in [0.1, 0.15) is 12.0 Å². The summed E-state index contributed by atoms with van der Waals surface area (Å²) in [6.07, 6.45) is -2.60. The number of alkyl halides is 2. The van der Waals surface area contributed by atoms with Crippen LogP contribution >= 0.6 is 22.6 Å². The highest BCUT2D eigenvalue weighted by atomic mass is 127. The van der Waals surface area contributed by atoms with Gasteiger partial charge in [0, 0.05) is 0 Å². The molecule has 1 rings (SSSR count). The first kappa shape index (κ1) is 10.4. The van der Waals surface area contributed by atoms with Crippen LogP contribution in [-0.4, -0.2) is 12.1 Å². The lowest BCUT2D eigenvalue weighted by molar-refractivity contribution is 0.146. The highest BCUT2D eigenvalue weighted by Crippen LogP contribution is 2.32. The average molecular weight is 300 g/mol. The first-order valence-corrected chi connectivity index (χ1v) is 4.42. The molecule has 1 aromatic heterocycles. The summed E-state index contributed by atoms with van der Waals surface area (Å²) < 4.78 is 29.9. The Balaban J connectivity index is 3.29. The van der Waals surface area contributed by atoms with Gasteiger partial charge < -0.3 is 10.5 Å². The molecule has 0 fully saturated rings. The number of anilines is 1. The van der Waals surface area contributed by atoms with Crippen molar-refractivity contribution in [2.45, 2.75) is 6.43 Å². The molecule has 0 unspecified atom stereocenters. The zero-order chi connectivity index (χ0) is 10.0. The SMILES string of the molecule is COc1c(C(F)F)cc(N)nc1I. The maximum absolute atomic E-state index is 12.4. The van der Waals surface area contributed by atoms with Crippen LogP contribution in [0.3, 0.4) is 0 Å². The van der Waals surface area contributed by atoms with Gasteiger partial charge in [0.05, 0.1) is 12.7 Å². The second-order valence-corrected chi connectivity index (χ2v) is 3.28. The van der Waals surface area contributed by atoms with Crippen molar-refractivity contribution in [2.75, 3.05) is 12.8 Å². The molecule has 0 saturated carbocycles. The lowest BCUT2D eigenvalue weighted by Gasteiger charge is -2.09. The Kier molecular flexibility index (Phi) is 3.23. The van der Waals surface area contributed by atoms with E-state index in [1.807, 2.05) is 0 Å². The predicted molar refractivity (Wildman–Crippen MR) is 52.9 cm³/mol. The van der Waals surface area contributed by atoms with E-state index < -0.39 is 6.43 Å². The van der Waals surface area contributed by atoms with Gasteiger partial charge in [-0.1, -0.05) is 0 Å². The largest absolute Gasteiger partial charge is 0.493 e. The van der Waals surface area contributed by atoms with E-state index in [9.17, 15) is 8.78 Å². The number of methoxy groups -OCH3 is 1. The van der Waals surface area contributed by atoms with Gasteiger partial charge in [-0.2, -0.15) is 0 Å². The molecule has 0 aliphatic rings. The minimum absolute atomic E-state index is 0.0699. The number of hydrogen-bond donors (Lipinski definition) is 1. The minimum Gasteiger partial charge on any atom is -0.493 e. The van der Waals surface area contributed by atoms with E-state index in [-0.39, 0.29) is 17.1 Å². The van der Waals surface area contributed by atoms with Crippen molar-refractivity contribution in [3.63, 3.8) is 0 Å². The van der Waals surface area contributed by atoms with Crippen LogP contribution in [0.5, 0.6) is 5.75 Å². The predicted octanol–water partition coefficient (Wildman–Crippen LogP) is 2.21. The summed E-state index contributed by atoms with van der Waals surface area (Å²) in [5.41, 5.74) is 5.09. The quantitative estimate of drug-likeness (QED) is 0.673. The zero-order valence-corrected chi connectivity index (χ0v) is 8.88. The Morgan fingerprint density at radius 1 is 1.62 bits per heavy atom. The highest BCUT2D eigenvalue weighted by molar-refractivity contribution is 14.1. The van der Waals surface area contributed by atoms with Crippen molar-refractivity contribution in [3.05, 3.63) is 15.3 Å². The number of nitrogens with zero attached hydrogens (tertiary/aromatic N) is 1. The van der Waals surface area contributed by atoms with Crippen molar-refractivity contribution in [3.8, 4) is 5.75 Å². The normalized spacial score (nSPS) is 10.5. The maximum Gasteiger partial charge on any atom is 0.267 e. The van der Waals surface area contributed by atoms with Gasteiger partial charge in [0.15, 0.2) is 5.75 Å². The van der Waals surface area contributed by atoms with E-state index in [0.717, 1.165) is 6.07 Å². The molecule has 0 aromatic carbocycles. The first-order chi connectivity index (χ1) is 6.06. The van der Waals surface area contributed by atoms with Gasteiger partial charge in [-0.15, -0.1) is 0 Å². The monoisotopic (exact) mass is 300 g/mol. The second-order valence-electron chi connectivity index (χ2n) is 2.26. The smallest absolute Gasteiger partial charge is 0.267 e. The highest BCUT2D eigenvalue weighted by Gasteiger charge is 2.18. The molecule has 0 aliphatic carbocycles. The summed E-state index contributed by atoms with van der Waals surface area (Å²) >= 11 is 1.80. The van der Waals surface area contributed by atoms with Crippen LogP contribution < -0.4 is 10.5 Å². The van der Waals surface area contributed by atoms with Crippen LogP contribution in [0.2, 0.25) is 0 Å². The Labute approximate surface area is 87.4 Å². The third kappa shape index (κ3) is 2.17. The molecule has 0 aliphatic heterocycles. The fourth-order valence-electron chi connectivity index (χ4n) is 0.905. The van der Waals surface area contributed by atoms with E-state index >= 15 is 0 Å². The number of hydrogen-bond acceptors (Lipinski definition) is 3. The van der Waals surface area contributed by atoms with Crippen molar-refractivity contribution >= 4 is 28.4 Å². The number of nitrogen functional groups attached to an aromatic ring is 1. The van der Waals surface area contributed by atoms with Crippen LogP contribution in [-0.2, 0) is 0 Å². The fourth-order valence-corrected chi connectivity index (χ4v) is 1.71. The molecule has 13 heavy (non-hydrogen) atoms. The number of halogens is 3. The van der Waals surface area contributed by atoms with E-state index in [4.69, 9.17) is 10.5 Å². The molecular formula is C7H7F2IN2O. The summed E-state index contributed by atoms with van der Waals surface area (Å²) in [6, 6.07) is 1.12. The maximum atomic E-state index is 12.4. The average Bonchev–Trinajstić information content (AvgIpc) is 2.02. The molecular weight excluding hydrogens is 293 g/mol. The molecule has 0 atom stereocenters. The molecule has 0 saturated heterocycles. The molecule has 1 aromatic rings. The summed E-state index contributed by atoms with van der Waals surface area (Å²) in [5.74, 6) is 0.158. The lowest BCUT2D eigenvalue weighted by Crippen LogP contribution is -2.01. The van der Waals surface area contributed by atoms with E-state index in [1.54, 1.807) is 22.6 Å². The molecule has 72 valence electrons. The third-order valence-electron chi connectivity index (χ3n) is 1.42. The summed E-state index contributed by atoms with van der Waals surface area (Å²) in [4.78, 5) is 3.79. The summed E-state index contributed by atoms with van der Waals surface area (Å²) in [6.45, 7) is 0. The van der Waals surface area contributed by atoms with Gasteiger partial charge in [0.1, 0.15) is 9.52 Å². The van der Waals surface area contributed by atoms with Crippen molar-refractivity contribution < 1.29 is 13.5 Å². The summed E-state index contributed by atoms with van der Waals surface area (Å²) in [5, 5.41) is 0. The fraction of sp³-hybridized carbons (Fsp3) is 0.286. The standard InChI is InChI=1S/C7H7F2IN2O/c1-13-5-3(6(8)9)2-4(11)12-7(5)10/h2,6H,1H3,(H2,11,12). The number of pyridine rings is 1. The van der Waals surface area contributed by atoms with Gasteiger partial charge in [-0.05, 0) is 28.7 Å². The number of rotatable bonds is 2. The van der Waals surface area contributed by atoms with Crippen molar-refractivity contribution in [1.29, 1.82) is 0 Å². The summed E-state index contributed by atoms with van der Waals surface area (Å²) in [7, 11) is 1.32. The van der Waals surface area contributed by atoms with E-state index in [2.05, 4.69) is 4.98 Å².